The third kappa shape index (κ3) is 2.97. The Morgan fingerprint density at radius 3 is 2.20 bits per heavy atom. The van der Waals surface area contributed by atoms with E-state index in [9.17, 15) is 18.9 Å². The van der Waals surface area contributed by atoms with Gasteiger partial charge in [-0.1, -0.05) is 43.7 Å². The first-order chi connectivity index (χ1) is 11.5. The smallest absolute Gasteiger partial charge is 0.322 e. The van der Waals surface area contributed by atoms with Crippen LogP contribution in [-0.2, 0) is 23.3 Å². The predicted molar refractivity (Wildman–Crippen MR) is 97.7 cm³/mol. The van der Waals surface area contributed by atoms with Crippen molar-refractivity contribution in [1.29, 1.82) is 0 Å². The van der Waals surface area contributed by atoms with Gasteiger partial charge in [-0.25, -0.2) is 0 Å². The van der Waals surface area contributed by atoms with Crippen molar-refractivity contribution in [3.8, 4) is 0 Å². The molecule has 142 valence electrons. The van der Waals surface area contributed by atoms with Crippen LogP contribution < -0.4 is 0 Å². The van der Waals surface area contributed by atoms with E-state index in [1.54, 1.807) is 6.92 Å². The highest BCUT2D eigenvalue weighted by molar-refractivity contribution is 7.59. The maximum atomic E-state index is 13.8. The highest BCUT2D eigenvalue weighted by Crippen LogP contribution is 2.83. The first-order valence-electron chi connectivity index (χ1n) is 8.60. The predicted octanol–water partition coefficient (Wildman–Crippen LogP) is 4.78. The number of rotatable bonds is 6. The largest absolute Gasteiger partial charge is 0.357 e. The highest BCUT2D eigenvalue weighted by Gasteiger charge is 2.73. The molecule has 1 fully saturated rings. The van der Waals surface area contributed by atoms with Crippen molar-refractivity contribution in [3.63, 3.8) is 0 Å². The molecule has 8 heteroatoms. The lowest BCUT2D eigenvalue weighted by atomic mass is 9.78. The van der Waals surface area contributed by atoms with Crippen molar-refractivity contribution in [1.82, 2.24) is 0 Å². The van der Waals surface area contributed by atoms with Gasteiger partial charge in [-0.15, -0.1) is 0 Å². The van der Waals surface area contributed by atoms with Crippen molar-refractivity contribution in [3.05, 3.63) is 35.4 Å². The summed E-state index contributed by atoms with van der Waals surface area (Å²) in [5.41, 5.74) is 1.78. The second-order valence-corrected chi connectivity index (χ2v) is 10.9. The normalized spacial score (nSPS) is 35.9. The van der Waals surface area contributed by atoms with Gasteiger partial charge in [0.05, 0.1) is 6.61 Å². The van der Waals surface area contributed by atoms with Gasteiger partial charge in [0.1, 0.15) is 5.16 Å². The van der Waals surface area contributed by atoms with Crippen LogP contribution in [0.15, 0.2) is 24.3 Å². The Morgan fingerprint density at radius 1 is 1.24 bits per heavy atom. The van der Waals surface area contributed by atoms with E-state index in [2.05, 4.69) is 0 Å². The van der Waals surface area contributed by atoms with Crippen LogP contribution >= 0.6 is 15.2 Å². The molecule has 6 nitrogen and oxygen atoms in total. The number of hydrogen-bond acceptors (Lipinski definition) is 4. The number of benzene rings is 1. The van der Waals surface area contributed by atoms with Gasteiger partial charge in [-0.3, -0.25) is 13.7 Å². The van der Waals surface area contributed by atoms with Gasteiger partial charge in [0.15, 0.2) is 5.34 Å². The molecule has 4 unspecified atom stereocenters. The van der Waals surface area contributed by atoms with E-state index in [4.69, 9.17) is 9.05 Å². The van der Waals surface area contributed by atoms with E-state index in [0.717, 1.165) is 11.1 Å². The summed E-state index contributed by atoms with van der Waals surface area (Å²) in [6.45, 7) is 8.85. The van der Waals surface area contributed by atoms with Gasteiger partial charge in [0.2, 0.25) is 0 Å². The average molecular weight is 390 g/mol. The lowest BCUT2D eigenvalue weighted by Crippen LogP contribution is -2.40. The van der Waals surface area contributed by atoms with E-state index in [0.29, 0.717) is 12.8 Å². The first kappa shape index (κ1) is 20.8. The third-order valence-electron chi connectivity index (χ3n) is 5.39. The van der Waals surface area contributed by atoms with Crippen LogP contribution in [0.3, 0.4) is 0 Å². The topological polar surface area (TPSA) is 93.1 Å². The quantitative estimate of drug-likeness (QED) is 0.679. The molecular formula is C17H28O6P2. The van der Waals surface area contributed by atoms with E-state index in [1.165, 1.54) is 6.92 Å². The van der Waals surface area contributed by atoms with Gasteiger partial charge in [-0.2, -0.15) is 0 Å². The lowest BCUT2D eigenvalue weighted by Gasteiger charge is -2.38. The van der Waals surface area contributed by atoms with E-state index >= 15 is 0 Å². The minimum Gasteiger partial charge on any atom is -0.322 e. The van der Waals surface area contributed by atoms with Gasteiger partial charge in [0.25, 0.3) is 0 Å². The second-order valence-electron chi connectivity index (χ2n) is 6.71. The number of aryl methyl sites for hydroxylation is 1. The Labute approximate surface area is 149 Å². The zero-order chi connectivity index (χ0) is 19.1. The zero-order valence-electron chi connectivity index (χ0n) is 15.4. The van der Waals surface area contributed by atoms with Crippen LogP contribution in [0, 0.1) is 12.8 Å². The molecule has 1 aliphatic heterocycles. The van der Waals surface area contributed by atoms with Crippen LogP contribution in [0.4, 0.5) is 0 Å². The Kier molecular flexibility index (Phi) is 5.76. The van der Waals surface area contributed by atoms with E-state index < -0.39 is 31.6 Å². The summed E-state index contributed by atoms with van der Waals surface area (Å²) in [5.74, 6) is -0.647. The van der Waals surface area contributed by atoms with Crippen LogP contribution in [-0.4, -0.2) is 21.7 Å². The van der Waals surface area contributed by atoms with Gasteiger partial charge >= 0.3 is 15.2 Å². The molecule has 25 heavy (non-hydrogen) atoms. The van der Waals surface area contributed by atoms with Crippen molar-refractivity contribution in [2.24, 2.45) is 5.92 Å². The van der Waals surface area contributed by atoms with E-state index in [1.807, 2.05) is 45.0 Å². The summed E-state index contributed by atoms with van der Waals surface area (Å²) in [5, 5.41) is -2.95. The molecule has 0 amide bonds. The Bertz CT molecular complexity index is 712. The summed E-state index contributed by atoms with van der Waals surface area (Å²) in [7, 11) is -8.53. The maximum absolute atomic E-state index is 13.8. The highest BCUT2D eigenvalue weighted by atomic mass is 31.2. The van der Waals surface area contributed by atoms with Gasteiger partial charge in [0, 0.05) is 5.92 Å². The van der Waals surface area contributed by atoms with Crippen LogP contribution in [0.1, 0.15) is 51.7 Å². The van der Waals surface area contributed by atoms with Gasteiger partial charge in [-0.05, 0) is 39.2 Å². The van der Waals surface area contributed by atoms with Crippen molar-refractivity contribution < 1.29 is 28.0 Å². The summed E-state index contributed by atoms with van der Waals surface area (Å²) in [6, 6.07) is 7.54. The van der Waals surface area contributed by atoms with Crippen molar-refractivity contribution in [2.75, 3.05) is 6.61 Å². The molecule has 0 radical (unpaired) electrons. The Balaban J connectivity index is 2.82. The SMILES string of the molecule is CCOP1(=O)OC(C)(P(=O)(O)O)C(CC)C1(CC)c1ccc(C)cc1. The first-order valence-corrected chi connectivity index (χ1v) is 11.8. The molecule has 0 saturated carbocycles. The van der Waals surface area contributed by atoms with Crippen molar-refractivity contribution >= 4 is 15.2 Å². The molecule has 1 aliphatic rings. The molecule has 0 aliphatic carbocycles. The molecule has 2 N–H and O–H groups in total. The van der Waals surface area contributed by atoms with E-state index in [-0.39, 0.29) is 6.61 Å². The lowest BCUT2D eigenvalue weighted by molar-refractivity contribution is 0.0885. The molecule has 0 aromatic heterocycles. The monoisotopic (exact) mass is 390 g/mol. The molecule has 1 aromatic rings. The van der Waals surface area contributed by atoms with Crippen LogP contribution in [0.5, 0.6) is 0 Å². The molecule has 0 spiro atoms. The summed E-state index contributed by atoms with van der Waals surface area (Å²) in [4.78, 5) is 20.0. The van der Waals surface area contributed by atoms with Crippen LogP contribution in [0.25, 0.3) is 0 Å². The maximum Gasteiger partial charge on any atom is 0.357 e. The summed E-state index contributed by atoms with van der Waals surface area (Å²) < 4.78 is 37.4. The summed E-state index contributed by atoms with van der Waals surface area (Å²) in [6.07, 6.45) is 0.793. The van der Waals surface area contributed by atoms with Crippen LogP contribution in [0.2, 0.25) is 0 Å². The molecule has 4 atom stereocenters. The minimum absolute atomic E-state index is 0.137. The molecule has 2 rings (SSSR count). The second kappa shape index (κ2) is 6.92. The standard InChI is InChI=1S/C17H28O6P2/c1-6-15-16(5,24(18,19)20)23-25(21,22-8-3)17(15,7-2)14-11-9-13(4)10-12-14/h9-12,15H,6-8H2,1-5H3,(H2,18,19,20). The van der Waals surface area contributed by atoms with Gasteiger partial charge < -0.3 is 14.3 Å². The Morgan fingerprint density at radius 2 is 1.80 bits per heavy atom. The fourth-order valence-corrected chi connectivity index (χ4v) is 8.87. The van der Waals surface area contributed by atoms with Crippen molar-refractivity contribution in [2.45, 2.75) is 58.0 Å². The minimum atomic E-state index is -4.70. The fraction of sp³-hybridized carbons (Fsp3) is 0.647. The molecule has 1 aromatic carbocycles. The molecule has 0 bridgehead atoms. The average Bonchev–Trinajstić information content (AvgIpc) is 2.72. The zero-order valence-corrected chi connectivity index (χ0v) is 17.2. The fourth-order valence-electron chi connectivity index (χ4n) is 4.15. The number of hydrogen-bond donors (Lipinski definition) is 2. The Hall–Kier alpha value is -0.480. The molecular weight excluding hydrogens is 362 g/mol. The molecule has 1 heterocycles. The third-order valence-corrected chi connectivity index (χ3v) is 10.2. The molecule has 1 saturated heterocycles. The summed E-state index contributed by atoms with van der Waals surface area (Å²) >= 11 is 0.